The van der Waals surface area contributed by atoms with Crippen molar-refractivity contribution in [3.05, 3.63) is 64.0 Å². The van der Waals surface area contributed by atoms with Gasteiger partial charge in [0.25, 0.3) is 11.8 Å². The topological polar surface area (TPSA) is 182 Å². The Bertz CT molecular complexity index is 1630. The van der Waals surface area contributed by atoms with Crippen molar-refractivity contribution in [1.29, 1.82) is 0 Å². The number of hydrazine groups is 2. The van der Waals surface area contributed by atoms with E-state index in [1.807, 2.05) is 0 Å². The Kier molecular flexibility index (Phi) is 8.50. The van der Waals surface area contributed by atoms with Crippen LogP contribution < -0.4 is 10.7 Å². The predicted molar refractivity (Wildman–Crippen MR) is 150 cm³/mol. The first-order valence-electron chi connectivity index (χ1n) is 13.1. The molecule has 0 saturated carbocycles. The van der Waals surface area contributed by atoms with E-state index in [1.165, 1.54) is 12.1 Å². The molecule has 0 bridgehead atoms. The smallest absolute Gasteiger partial charge is 0.358 e. The molecule has 0 spiro atoms. The fourth-order valence-corrected chi connectivity index (χ4v) is 5.38. The summed E-state index contributed by atoms with van der Waals surface area (Å²) in [6.45, 7) is -0.0134. The van der Waals surface area contributed by atoms with Gasteiger partial charge in [-0.25, -0.2) is 24.8 Å². The van der Waals surface area contributed by atoms with Gasteiger partial charge < -0.3 is 14.8 Å². The molecule has 2 aromatic carbocycles. The number of nitrogens with one attached hydrogen (secondary N) is 2. The predicted octanol–water partition coefficient (Wildman–Crippen LogP) is 2.66. The molecule has 2 aliphatic rings. The van der Waals surface area contributed by atoms with Crippen molar-refractivity contribution in [2.75, 3.05) is 13.1 Å². The van der Waals surface area contributed by atoms with Crippen molar-refractivity contribution in [2.45, 2.75) is 37.8 Å². The van der Waals surface area contributed by atoms with Gasteiger partial charge in [0, 0.05) is 23.6 Å². The number of carbonyl (C=O) groups excluding carboxylic acids is 5. The number of benzene rings is 2. The van der Waals surface area contributed by atoms with Crippen molar-refractivity contribution >= 4 is 69.8 Å². The maximum atomic E-state index is 13.6. The van der Waals surface area contributed by atoms with Crippen molar-refractivity contribution in [2.24, 2.45) is 0 Å². The molecule has 3 heterocycles. The molecule has 5 amide bonds. The van der Waals surface area contributed by atoms with Crippen LogP contribution in [0, 0.1) is 0 Å². The highest BCUT2D eigenvalue weighted by atomic mass is 35.5. The lowest BCUT2D eigenvalue weighted by atomic mass is 10.0. The minimum Gasteiger partial charge on any atom is -0.481 e. The zero-order valence-electron chi connectivity index (χ0n) is 22.3. The lowest BCUT2D eigenvalue weighted by Crippen LogP contribution is -2.65. The van der Waals surface area contributed by atoms with Crippen LogP contribution in [0.15, 0.2) is 46.9 Å². The van der Waals surface area contributed by atoms with Gasteiger partial charge in [0.15, 0.2) is 5.58 Å². The van der Waals surface area contributed by atoms with E-state index in [0.717, 1.165) is 15.0 Å². The second-order valence-electron chi connectivity index (χ2n) is 9.79. The zero-order valence-corrected chi connectivity index (χ0v) is 23.8. The minimum atomic E-state index is -1.64. The summed E-state index contributed by atoms with van der Waals surface area (Å²) in [5.74, 6) is -4.81. The summed E-state index contributed by atoms with van der Waals surface area (Å²) in [7, 11) is 0. The fraction of sp³-hybridized carbons (Fsp3) is 0.296. The number of hydrogen-bond acceptors (Lipinski definition) is 8. The van der Waals surface area contributed by atoms with Gasteiger partial charge in [-0.2, -0.15) is 0 Å². The van der Waals surface area contributed by atoms with Gasteiger partial charge in [0.2, 0.25) is 17.6 Å². The third-order valence-electron chi connectivity index (χ3n) is 6.87. The number of aromatic nitrogens is 1. The van der Waals surface area contributed by atoms with Crippen LogP contribution in [0.5, 0.6) is 0 Å². The lowest BCUT2D eigenvalue weighted by Gasteiger charge is -2.43. The number of Topliss-reactive ketones (excluding diaryl/α,β-unsaturated/α-hetero) is 1. The molecule has 2 fully saturated rings. The molecule has 14 nitrogen and oxygen atoms in total. The molecular weight excluding hydrogens is 607 g/mol. The normalized spacial score (nSPS) is 17.7. The van der Waals surface area contributed by atoms with Crippen LogP contribution in [0.25, 0.3) is 11.1 Å². The number of oxazole rings is 1. The van der Waals surface area contributed by atoms with E-state index >= 15 is 0 Å². The molecule has 2 atom stereocenters. The number of nitrogens with zero attached hydrogens (tertiary/aromatic N) is 4. The third-order valence-corrected chi connectivity index (χ3v) is 7.37. The van der Waals surface area contributed by atoms with Crippen molar-refractivity contribution in [1.82, 2.24) is 30.8 Å². The molecule has 0 aliphatic carbocycles. The summed E-state index contributed by atoms with van der Waals surface area (Å²) >= 11 is 12.1. The van der Waals surface area contributed by atoms with E-state index in [4.69, 9.17) is 27.6 Å². The van der Waals surface area contributed by atoms with Crippen LogP contribution in [-0.2, 0) is 14.4 Å². The molecule has 2 aliphatic heterocycles. The third kappa shape index (κ3) is 6.24. The molecule has 224 valence electrons. The average molecular weight is 631 g/mol. The Morgan fingerprint density at radius 3 is 2.56 bits per heavy atom. The van der Waals surface area contributed by atoms with Gasteiger partial charge in [-0.3, -0.25) is 29.4 Å². The fourth-order valence-electron chi connectivity index (χ4n) is 4.86. The lowest BCUT2D eigenvalue weighted by molar-refractivity contribution is -0.155. The Balaban J connectivity index is 1.39. The number of carboxylic acid groups (broad SMARTS) is 1. The molecule has 43 heavy (non-hydrogen) atoms. The second-order valence-corrected chi connectivity index (χ2v) is 10.6. The number of ketones is 1. The number of rotatable bonds is 8. The van der Waals surface area contributed by atoms with Crippen LogP contribution in [0.3, 0.4) is 0 Å². The number of carboxylic acids is 1. The number of hydrogen-bond donors (Lipinski definition) is 3. The summed E-state index contributed by atoms with van der Waals surface area (Å²) in [4.78, 5) is 82.0. The molecule has 3 N–H and O–H groups in total. The average Bonchev–Trinajstić information content (AvgIpc) is 3.37. The number of amides is 5. The summed E-state index contributed by atoms with van der Waals surface area (Å²) in [6, 6.07) is 7.09. The molecular formula is C27H24Cl2N6O8. The van der Waals surface area contributed by atoms with Crippen LogP contribution >= 0.6 is 23.2 Å². The standard InChI is InChI=1S/C27H24Cl2N6O8/c28-15-11-16(29)23-18(12-15)31-26(43-23)22(39)17(13-21(37)38)30-25(41)19-7-4-9-34-20(36)8-10-33(27(42)35(19)34)32-24(40)14-5-2-1-3-6-14/h1-3,5-6,11-12,17,19H,4,7-10,13H2,(H,30,41)(H,32,40)(H,37,38). The molecule has 2 unspecified atom stereocenters. The number of fused-ring (bicyclic) bond motifs is 2. The number of urea groups is 1. The van der Waals surface area contributed by atoms with Gasteiger partial charge in [-0.15, -0.1) is 0 Å². The molecule has 3 aromatic rings. The van der Waals surface area contributed by atoms with Crippen LogP contribution in [-0.4, -0.2) is 85.8 Å². The van der Waals surface area contributed by atoms with E-state index in [1.54, 1.807) is 30.3 Å². The molecule has 5 rings (SSSR count). The maximum Gasteiger partial charge on any atom is 0.358 e. The highest BCUT2D eigenvalue weighted by Crippen LogP contribution is 2.29. The molecule has 0 radical (unpaired) electrons. The van der Waals surface area contributed by atoms with E-state index in [2.05, 4.69) is 15.7 Å². The van der Waals surface area contributed by atoms with Crippen LogP contribution in [0.1, 0.15) is 46.7 Å². The molecule has 1 aromatic heterocycles. The first kappa shape index (κ1) is 29.8. The van der Waals surface area contributed by atoms with Gasteiger partial charge in [0.05, 0.1) is 18.0 Å². The highest BCUT2D eigenvalue weighted by molar-refractivity contribution is 6.38. The van der Waals surface area contributed by atoms with E-state index in [9.17, 15) is 33.9 Å². The number of aliphatic carboxylic acids is 1. The van der Waals surface area contributed by atoms with Crippen LogP contribution in [0.2, 0.25) is 10.0 Å². The second kappa shape index (κ2) is 12.3. The Morgan fingerprint density at radius 2 is 1.84 bits per heavy atom. The minimum absolute atomic E-state index is 0.0454. The largest absolute Gasteiger partial charge is 0.481 e. The van der Waals surface area contributed by atoms with Gasteiger partial charge in [-0.05, 0) is 37.1 Å². The SMILES string of the molecule is O=C(O)CC(NC(=O)C1CCCN2C(=O)CCN(NC(=O)c3ccccc3)C(=O)N12)C(=O)c1nc2cc(Cl)cc(Cl)c2o1. The maximum absolute atomic E-state index is 13.6. The van der Waals surface area contributed by atoms with Gasteiger partial charge in [0.1, 0.15) is 17.6 Å². The van der Waals surface area contributed by atoms with E-state index in [-0.39, 0.29) is 52.6 Å². The summed E-state index contributed by atoms with van der Waals surface area (Å²) < 4.78 is 5.47. The molecule has 2 saturated heterocycles. The van der Waals surface area contributed by atoms with Crippen LogP contribution in [0.4, 0.5) is 4.79 Å². The number of halogens is 2. The first-order chi connectivity index (χ1) is 20.5. The van der Waals surface area contributed by atoms with Gasteiger partial charge in [-0.1, -0.05) is 41.4 Å². The monoisotopic (exact) mass is 630 g/mol. The van der Waals surface area contributed by atoms with Crippen molar-refractivity contribution < 1.29 is 38.3 Å². The number of carbonyl (C=O) groups is 6. The highest BCUT2D eigenvalue weighted by Gasteiger charge is 2.45. The quantitative estimate of drug-likeness (QED) is 0.315. The van der Waals surface area contributed by atoms with E-state index < -0.39 is 59.9 Å². The van der Waals surface area contributed by atoms with Crippen molar-refractivity contribution in [3.63, 3.8) is 0 Å². The summed E-state index contributed by atoms with van der Waals surface area (Å²) in [5.41, 5.74) is 2.95. The molecule has 16 heteroatoms. The zero-order chi connectivity index (χ0) is 30.8. The van der Waals surface area contributed by atoms with Gasteiger partial charge >= 0.3 is 12.0 Å². The summed E-state index contributed by atoms with van der Waals surface area (Å²) in [5, 5.41) is 15.2. The Labute approximate surface area is 253 Å². The summed E-state index contributed by atoms with van der Waals surface area (Å²) in [6.07, 6.45) is -0.533. The Hall–Kier alpha value is -4.69. The van der Waals surface area contributed by atoms with Crippen molar-refractivity contribution in [3.8, 4) is 0 Å². The first-order valence-corrected chi connectivity index (χ1v) is 13.9. The Morgan fingerprint density at radius 1 is 1.09 bits per heavy atom. The van der Waals surface area contributed by atoms with E-state index in [0.29, 0.717) is 6.42 Å².